The van der Waals surface area contributed by atoms with Crippen molar-refractivity contribution in [3.8, 4) is 22.6 Å². The Morgan fingerprint density at radius 1 is 1.08 bits per heavy atom. The first-order chi connectivity index (χ1) is 16.6. The maximum absolute atomic E-state index is 12.6. The minimum Gasteiger partial charge on any atom is -0.496 e. The Morgan fingerprint density at radius 2 is 1.81 bits per heavy atom. The molecule has 0 atom stereocenters. The van der Waals surface area contributed by atoms with Crippen molar-refractivity contribution in [3.63, 3.8) is 0 Å². The Hall–Kier alpha value is -3.50. The van der Waals surface area contributed by atoms with Crippen LogP contribution in [0.1, 0.15) is 43.9 Å². The number of H-pyrrole nitrogens is 1. The number of hydrazone groups is 1. The second-order valence-corrected chi connectivity index (χ2v) is 14.3. The van der Waals surface area contributed by atoms with Crippen molar-refractivity contribution < 1.29 is 13.5 Å². The van der Waals surface area contributed by atoms with Crippen LogP contribution >= 0.6 is 0 Å². The first-order valence-corrected chi connectivity index (χ1v) is 14.3. The average Bonchev–Trinajstić information content (AvgIpc) is 3.17. The van der Waals surface area contributed by atoms with E-state index >= 15 is 0 Å². The van der Waals surface area contributed by atoms with Gasteiger partial charge in [0.25, 0.3) is 5.56 Å². The highest BCUT2D eigenvalue weighted by molar-refractivity contribution is 8.12. The number of aryl methyl sites for hydroxylation is 1. The van der Waals surface area contributed by atoms with Crippen LogP contribution in [-0.2, 0) is 21.4 Å². The lowest BCUT2D eigenvalue weighted by Crippen LogP contribution is -2.41. The zero-order valence-electron chi connectivity index (χ0n) is 21.3. The number of rotatable bonds is 5. The summed E-state index contributed by atoms with van der Waals surface area (Å²) in [5.41, 5.74) is 4.68. The van der Waals surface area contributed by atoms with E-state index in [2.05, 4.69) is 41.8 Å². The van der Waals surface area contributed by atoms with Crippen LogP contribution in [0.4, 0.5) is 0 Å². The first kappa shape index (κ1) is 25.6. The minimum absolute atomic E-state index is 0.293. The number of methoxy groups -OCH3 is 1. The van der Waals surface area contributed by atoms with Crippen molar-refractivity contribution in [2.75, 3.05) is 19.6 Å². The fourth-order valence-electron chi connectivity index (χ4n) is 4.30. The zero-order valence-corrected chi connectivity index (χ0v) is 22.2. The van der Waals surface area contributed by atoms with E-state index in [1.165, 1.54) is 29.3 Å². The van der Waals surface area contributed by atoms with Gasteiger partial charge in [-0.15, -0.1) is 9.53 Å². The summed E-state index contributed by atoms with van der Waals surface area (Å²) in [4.78, 5) is 28.9. The smallest absolute Gasteiger partial charge is 0.332 e. The molecular formula is C26H32N4O5S. The van der Waals surface area contributed by atoms with E-state index in [9.17, 15) is 18.4 Å². The number of benzene rings is 2. The predicted molar refractivity (Wildman–Crippen MR) is 144 cm³/mol. The summed E-state index contributed by atoms with van der Waals surface area (Å²) in [5, 5.41) is 4.22. The lowest BCUT2D eigenvalue weighted by Gasteiger charge is -2.33. The zero-order chi connectivity index (χ0) is 26.5. The van der Waals surface area contributed by atoms with Crippen LogP contribution in [0.15, 0.2) is 57.3 Å². The maximum atomic E-state index is 12.6. The molecule has 0 fully saturated rings. The fraction of sp³-hybridized carbons (Fsp3) is 0.346. The van der Waals surface area contributed by atoms with Crippen LogP contribution in [0.3, 0.4) is 0 Å². The molecule has 0 radical (unpaired) electrons. The lowest BCUT2D eigenvalue weighted by atomic mass is 9.83. The molecule has 9 nitrogen and oxygen atoms in total. The van der Waals surface area contributed by atoms with Crippen molar-refractivity contribution in [1.29, 1.82) is 0 Å². The number of fused-ring (bicyclic) bond motifs is 1. The molecule has 3 N–H and O–H groups in total. The topological polar surface area (TPSA) is 126 Å². The minimum atomic E-state index is -3.97. The van der Waals surface area contributed by atoms with Crippen LogP contribution in [0.25, 0.3) is 16.8 Å². The molecule has 1 aliphatic rings. The molecule has 0 spiro atoms. The van der Waals surface area contributed by atoms with Gasteiger partial charge < -0.3 is 4.74 Å². The van der Waals surface area contributed by atoms with E-state index < -0.39 is 20.8 Å². The van der Waals surface area contributed by atoms with Gasteiger partial charge in [0.05, 0.1) is 18.5 Å². The average molecular weight is 513 g/mol. The Kier molecular flexibility index (Phi) is 6.09. The predicted octanol–water partition coefficient (Wildman–Crippen LogP) is 3.21. The van der Waals surface area contributed by atoms with Gasteiger partial charge in [-0.05, 0) is 41.5 Å². The third kappa shape index (κ3) is 5.34. The number of nitrogens with one attached hydrogen (secondary N) is 2. The normalized spacial score (nSPS) is 15.9. The number of aromatic amines is 1. The summed E-state index contributed by atoms with van der Waals surface area (Å²) in [7, 11) is -2.34. The molecule has 0 saturated heterocycles. The maximum Gasteiger partial charge on any atom is 0.332 e. The molecule has 3 aromatic rings. The van der Waals surface area contributed by atoms with Crippen LogP contribution in [0.5, 0.6) is 5.75 Å². The molecule has 1 aliphatic carbocycles. The number of nitrogens with zero attached hydrogens (tertiary/aromatic N) is 2. The quantitative estimate of drug-likeness (QED) is 0.453. The first-order valence-electron chi connectivity index (χ1n) is 11.5. The van der Waals surface area contributed by atoms with Gasteiger partial charge in [0.1, 0.15) is 5.75 Å². The monoisotopic (exact) mass is 512 g/mol. The summed E-state index contributed by atoms with van der Waals surface area (Å²) in [5.74, 6) is 0.706. The number of aromatic nitrogens is 2. The number of hydrogen-bond donors (Lipinski definition) is 3. The molecule has 1 aromatic heterocycles. The van der Waals surface area contributed by atoms with Crippen LogP contribution in [0, 0.1) is 0 Å². The molecule has 10 heteroatoms. The Labute approximate surface area is 209 Å². The highest BCUT2D eigenvalue weighted by Crippen LogP contribution is 2.42. The highest BCUT2D eigenvalue weighted by atomic mass is 32.3. The SMILES string of the molecule is COc1c(-c2ccc3c(c2)CC/C3=N\NS(C)(C)(=O)O)cc(-n2ccc(=O)[nH]c2=O)cc1C(C)(C)C. The van der Waals surface area contributed by atoms with Crippen LogP contribution in [-0.4, -0.2) is 43.6 Å². The molecule has 0 amide bonds. The summed E-state index contributed by atoms with van der Waals surface area (Å²) < 4.78 is 29.4. The van der Waals surface area contributed by atoms with Crippen molar-refractivity contribution in [1.82, 2.24) is 14.4 Å². The third-order valence-corrected chi connectivity index (χ3v) is 6.60. The number of ether oxygens (including phenoxy) is 1. The molecule has 4 rings (SSSR count). The standard InChI is InChI=1S/C26H32N4O5S/c1-26(2,3)21-15-18(30-12-11-23(31)27-25(30)32)14-20(24(21)35-4)17-7-9-19-16(13-17)8-10-22(19)28-29-36(5,6,33)34/h7,9,11-15H,8,10H2,1-6H3,(H,27,31,32)(H2,29,33,34)/b28-22+. The molecule has 0 saturated carbocycles. The van der Waals surface area contributed by atoms with Gasteiger partial charge in [-0.25, -0.2) is 9.63 Å². The van der Waals surface area contributed by atoms with E-state index in [0.717, 1.165) is 39.9 Å². The van der Waals surface area contributed by atoms with E-state index in [-0.39, 0.29) is 5.41 Å². The van der Waals surface area contributed by atoms with Gasteiger partial charge in [-0.3, -0.25) is 18.9 Å². The van der Waals surface area contributed by atoms with Crippen LogP contribution in [0.2, 0.25) is 0 Å². The molecule has 192 valence electrons. The fourth-order valence-corrected chi connectivity index (χ4v) is 4.67. The second kappa shape index (κ2) is 8.56. The third-order valence-electron chi connectivity index (χ3n) is 5.99. The second-order valence-electron chi connectivity index (χ2n) is 10.6. The molecule has 0 unspecified atom stereocenters. The Morgan fingerprint density at radius 3 is 2.42 bits per heavy atom. The Balaban J connectivity index is 1.88. The molecule has 2 aromatic carbocycles. The molecule has 0 aliphatic heterocycles. The van der Waals surface area contributed by atoms with E-state index in [0.29, 0.717) is 17.9 Å². The van der Waals surface area contributed by atoms with Gasteiger partial charge >= 0.3 is 5.69 Å². The highest BCUT2D eigenvalue weighted by Gasteiger charge is 2.26. The van der Waals surface area contributed by atoms with Crippen molar-refractivity contribution >= 4 is 15.2 Å². The molecule has 1 heterocycles. The van der Waals surface area contributed by atoms with E-state index in [1.54, 1.807) is 7.11 Å². The van der Waals surface area contributed by atoms with Gasteiger partial charge in [0, 0.05) is 41.5 Å². The van der Waals surface area contributed by atoms with Gasteiger partial charge in [-0.1, -0.05) is 39.0 Å². The van der Waals surface area contributed by atoms with Crippen LogP contribution < -0.4 is 20.8 Å². The number of hydrogen-bond acceptors (Lipinski definition) is 5. The largest absolute Gasteiger partial charge is 0.496 e. The van der Waals surface area contributed by atoms with E-state index in [4.69, 9.17) is 4.74 Å². The van der Waals surface area contributed by atoms with Crippen molar-refractivity contribution in [2.45, 2.75) is 39.0 Å². The van der Waals surface area contributed by atoms with Gasteiger partial charge in [-0.2, -0.15) is 9.31 Å². The van der Waals surface area contributed by atoms with Gasteiger partial charge in [0.2, 0.25) is 0 Å². The summed E-state index contributed by atoms with van der Waals surface area (Å²) >= 11 is 0. The van der Waals surface area contributed by atoms with Crippen molar-refractivity contribution in [2.24, 2.45) is 5.10 Å². The molecular weight excluding hydrogens is 480 g/mol. The van der Waals surface area contributed by atoms with E-state index in [1.807, 2.05) is 24.3 Å². The summed E-state index contributed by atoms with van der Waals surface area (Å²) in [6.07, 6.45) is 5.29. The lowest BCUT2D eigenvalue weighted by molar-refractivity contribution is 0.399. The molecule has 36 heavy (non-hydrogen) atoms. The Bertz CT molecular complexity index is 1560. The summed E-state index contributed by atoms with van der Waals surface area (Å²) in [6.45, 7) is 6.21. The molecule has 0 bridgehead atoms. The van der Waals surface area contributed by atoms with Crippen molar-refractivity contribution in [3.05, 3.63) is 80.1 Å². The summed E-state index contributed by atoms with van der Waals surface area (Å²) in [6, 6.07) is 11.1. The van der Waals surface area contributed by atoms with Gasteiger partial charge in [0.15, 0.2) is 0 Å².